The topological polar surface area (TPSA) is 85.9 Å². The molecule has 0 aliphatic rings. The largest absolute Gasteiger partial charge is 0.416 e. The third kappa shape index (κ3) is 5.10. The van der Waals surface area contributed by atoms with E-state index in [0.29, 0.717) is 23.6 Å². The van der Waals surface area contributed by atoms with Gasteiger partial charge in [0.25, 0.3) is 5.91 Å². The zero-order chi connectivity index (χ0) is 26.3. The summed E-state index contributed by atoms with van der Waals surface area (Å²) in [5.41, 5.74) is 7.73. The van der Waals surface area contributed by atoms with Gasteiger partial charge < -0.3 is 20.0 Å². The average Bonchev–Trinajstić information content (AvgIpc) is 3.40. The smallest absolute Gasteiger partial charge is 0.366 e. The molecular weight excluding hydrogens is 485 g/mol. The molecule has 3 N–H and O–H groups in total. The van der Waals surface area contributed by atoms with Gasteiger partial charge in [-0.25, -0.2) is 4.98 Å². The number of hydrogen-bond donors (Lipinski definition) is 2. The Hall–Kier alpha value is -3.37. The summed E-state index contributed by atoms with van der Waals surface area (Å²) in [5.74, 6) is -0.733. The van der Waals surface area contributed by atoms with Crippen molar-refractivity contribution in [2.75, 3.05) is 6.61 Å². The number of primary amides is 1. The van der Waals surface area contributed by atoms with Crippen molar-refractivity contribution >= 4 is 25.0 Å². The van der Waals surface area contributed by atoms with Gasteiger partial charge in [0.2, 0.25) is 0 Å². The fourth-order valence-corrected chi connectivity index (χ4v) is 5.06. The van der Waals surface area contributed by atoms with Gasteiger partial charge in [-0.2, -0.15) is 13.2 Å². The number of nitrogens with zero attached hydrogens (tertiary/aromatic N) is 2. The minimum atomic E-state index is -4.54. The van der Waals surface area contributed by atoms with Crippen LogP contribution in [0.5, 0.6) is 0 Å². The predicted molar refractivity (Wildman–Crippen MR) is 137 cm³/mol. The highest BCUT2D eigenvalue weighted by Crippen LogP contribution is 2.40. The van der Waals surface area contributed by atoms with Gasteiger partial charge in [0.15, 0.2) is 0 Å². The number of aromatic nitrogens is 3. The second-order valence-electron chi connectivity index (χ2n) is 10.0. The summed E-state index contributed by atoms with van der Waals surface area (Å²) in [4.78, 5) is 20.0. The number of nitrogens with two attached hydrogens (primary N) is 1. The summed E-state index contributed by atoms with van der Waals surface area (Å²) in [6.45, 7) is 8.66. The van der Waals surface area contributed by atoms with Crippen molar-refractivity contribution in [3.63, 3.8) is 0 Å². The molecule has 0 aliphatic heterocycles. The second kappa shape index (κ2) is 9.59. The van der Waals surface area contributed by atoms with Crippen molar-refractivity contribution < 1.29 is 22.7 Å². The maximum absolute atomic E-state index is 13.7. The number of benzene rings is 1. The van der Waals surface area contributed by atoms with E-state index in [1.807, 2.05) is 6.07 Å². The number of carbonyl (C=O) groups is 1. The number of alkyl halides is 3. The molecule has 0 fully saturated rings. The van der Waals surface area contributed by atoms with E-state index in [0.717, 1.165) is 23.1 Å². The lowest BCUT2D eigenvalue weighted by molar-refractivity contribution is -0.138. The molecule has 10 heteroatoms. The summed E-state index contributed by atoms with van der Waals surface area (Å²) in [6, 6.07) is 10.2. The highest BCUT2D eigenvalue weighted by atomic mass is 28.3. The molecule has 0 saturated heterocycles. The lowest BCUT2D eigenvalue weighted by Crippen LogP contribution is -2.22. The molecule has 1 amide bonds. The van der Waals surface area contributed by atoms with Crippen LogP contribution in [0.4, 0.5) is 13.2 Å². The van der Waals surface area contributed by atoms with Crippen LogP contribution in [0.3, 0.4) is 0 Å². The predicted octanol–water partition coefficient (Wildman–Crippen LogP) is 6.44. The Morgan fingerprint density at radius 2 is 1.92 bits per heavy atom. The number of hydrogen-bond acceptors (Lipinski definition) is 3. The number of carbonyl (C=O) groups excluding carboxylic acids is 1. The number of ether oxygens (including phenoxy) is 1. The Morgan fingerprint density at radius 1 is 1.17 bits per heavy atom. The standard InChI is InChI=1S/C26H29F3N4O2Si/c1-16-17(6-5-7-21(16)26(27,28)29)23-20(24(30)34)14-22(33(23)15-35-12-13-36(2,3)4)18-8-10-31-25-19(18)9-11-32-25/h5-11,14H,12-13,15H2,1-4H3,(H2,30,34)(H,31,32). The molecule has 0 radical (unpaired) electrons. The molecule has 36 heavy (non-hydrogen) atoms. The quantitative estimate of drug-likeness (QED) is 0.210. The molecule has 0 spiro atoms. The van der Waals surface area contributed by atoms with Crippen LogP contribution in [-0.4, -0.2) is 35.1 Å². The van der Waals surface area contributed by atoms with E-state index in [-0.39, 0.29) is 23.4 Å². The van der Waals surface area contributed by atoms with Crippen LogP contribution >= 0.6 is 0 Å². The molecular formula is C26H29F3N4O2Si. The summed E-state index contributed by atoms with van der Waals surface area (Å²) in [5, 5.41) is 0.807. The molecule has 4 rings (SSSR count). The highest BCUT2D eigenvalue weighted by molar-refractivity contribution is 6.76. The molecule has 190 valence electrons. The van der Waals surface area contributed by atoms with Crippen LogP contribution in [0.25, 0.3) is 33.5 Å². The van der Waals surface area contributed by atoms with E-state index in [1.54, 1.807) is 35.2 Å². The van der Waals surface area contributed by atoms with Gasteiger partial charge in [0, 0.05) is 43.6 Å². The van der Waals surface area contributed by atoms with Gasteiger partial charge >= 0.3 is 6.18 Å². The Bertz CT molecular complexity index is 1420. The van der Waals surface area contributed by atoms with Gasteiger partial charge in [-0.1, -0.05) is 31.8 Å². The van der Waals surface area contributed by atoms with Crippen LogP contribution in [0.1, 0.15) is 21.5 Å². The van der Waals surface area contributed by atoms with Gasteiger partial charge in [-0.05, 0) is 42.8 Å². The van der Waals surface area contributed by atoms with E-state index in [9.17, 15) is 18.0 Å². The van der Waals surface area contributed by atoms with Crippen molar-refractivity contribution in [2.24, 2.45) is 5.73 Å². The van der Waals surface area contributed by atoms with E-state index in [4.69, 9.17) is 10.5 Å². The number of rotatable bonds is 8. The van der Waals surface area contributed by atoms with Crippen LogP contribution in [-0.2, 0) is 17.6 Å². The van der Waals surface area contributed by atoms with Crippen molar-refractivity contribution in [1.29, 1.82) is 0 Å². The number of halogens is 3. The number of pyridine rings is 1. The molecule has 0 atom stereocenters. The van der Waals surface area contributed by atoms with Gasteiger partial charge in [0.05, 0.1) is 22.5 Å². The van der Waals surface area contributed by atoms with E-state index in [2.05, 4.69) is 29.6 Å². The summed E-state index contributed by atoms with van der Waals surface area (Å²) < 4.78 is 49.0. The van der Waals surface area contributed by atoms with Crippen molar-refractivity contribution in [3.8, 4) is 22.5 Å². The van der Waals surface area contributed by atoms with Crippen molar-refractivity contribution in [2.45, 2.75) is 45.5 Å². The monoisotopic (exact) mass is 514 g/mol. The van der Waals surface area contributed by atoms with Gasteiger partial charge in [-0.15, -0.1) is 0 Å². The van der Waals surface area contributed by atoms with Crippen LogP contribution in [0.2, 0.25) is 25.7 Å². The molecule has 6 nitrogen and oxygen atoms in total. The molecule has 3 aromatic heterocycles. The van der Waals surface area contributed by atoms with E-state index >= 15 is 0 Å². The number of aromatic amines is 1. The summed E-state index contributed by atoms with van der Waals surface area (Å²) >= 11 is 0. The molecule has 3 heterocycles. The number of nitrogens with one attached hydrogen (secondary N) is 1. The molecule has 1 aromatic carbocycles. The Balaban J connectivity index is 1.95. The minimum Gasteiger partial charge on any atom is -0.366 e. The first-order valence-electron chi connectivity index (χ1n) is 11.6. The maximum Gasteiger partial charge on any atom is 0.416 e. The normalized spacial score (nSPS) is 12.4. The molecule has 0 aliphatic carbocycles. The zero-order valence-electron chi connectivity index (χ0n) is 20.7. The van der Waals surface area contributed by atoms with Crippen LogP contribution in [0.15, 0.2) is 48.8 Å². The van der Waals surface area contributed by atoms with Gasteiger partial charge in [0.1, 0.15) is 12.4 Å². The second-order valence-corrected chi connectivity index (χ2v) is 15.6. The maximum atomic E-state index is 13.7. The van der Waals surface area contributed by atoms with Crippen LogP contribution in [0, 0.1) is 6.92 Å². The van der Waals surface area contributed by atoms with Crippen molar-refractivity contribution in [1.82, 2.24) is 14.5 Å². The molecule has 0 saturated carbocycles. The first kappa shape index (κ1) is 25.7. The number of amides is 1. The third-order valence-corrected chi connectivity index (χ3v) is 7.91. The van der Waals surface area contributed by atoms with Gasteiger partial charge in [-0.3, -0.25) is 4.79 Å². The molecule has 4 aromatic rings. The van der Waals surface area contributed by atoms with Crippen LogP contribution < -0.4 is 5.73 Å². The van der Waals surface area contributed by atoms with Crippen molar-refractivity contribution in [3.05, 3.63) is 65.5 Å². The Morgan fingerprint density at radius 3 is 2.58 bits per heavy atom. The number of H-pyrrole nitrogens is 1. The number of fused-ring (bicyclic) bond motifs is 1. The summed E-state index contributed by atoms with van der Waals surface area (Å²) in [6.07, 6.45) is -1.15. The fraction of sp³-hybridized carbons (Fsp3) is 0.308. The zero-order valence-corrected chi connectivity index (χ0v) is 21.7. The van der Waals surface area contributed by atoms with E-state index < -0.39 is 25.7 Å². The molecule has 0 unspecified atom stereocenters. The first-order valence-corrected chi connectivity index (χ1v) is 15.3. The average molecular weight is 515 g/mol. The Labute approximate surface area is 208 Å². The highest BCUT2D eigenvalue weighted by Gasteiger charge is 2.34. The molecule has 0 bridgehead atoms. The fourth-order valence-electron chi connectivity index (χ4n) is 4.30. The summed E-state index contributed by atoms with van der Waals surface area (Å²) in [7, 11) is -1.37. The minimum absolute atomic E-state index is 0.0158. The lowest BCUT2D eigenvalue weighted by atomic mass is 9.97. The lowest BCUT2D eigenvalue weighted by Gasteiger charge is -2.20. The SMILES string of the molecule is Cc1c(-c2c(C(N)=O)cc(-c3ccnc4[nH]ccc34)n2COCC[Si](C)(C)C)cccc1C(F)(F)F. The third-order valence-electron chi connectivity index (χ3n) is 6.21. The Kier molecular flexibility index (Phi) is 6.85. The first-order chi connectivity index (χ1) is 16.9. The van der Waals surface area contributed by atoms with E-state index in [1.165, 1.54) is 13.0 Å².